The molecule has 3 aromatic carbocycles. The molecule has 0 N–H and O–H groups in total. The molecule has 6 rings (SSSR count). The molecule has 2 heterocycles. The van der Waals surface area contributed by atoms with Crippen molar-refractivity contribution in [3.05, 3.63) is 98.6 Å². The summed E-state index contributed by atoms with van der Waals surface area (Å²) < 4.78 is 10.8. The van der Waals surface area contributed by atoms with Crippen molar-refractivity contribution in [2.75, 3.05) is 37.9 Å². The second kappa shape index (κ2) is 9.18. The van der Waals surface area contributed by atoms with Gasteiger partial charge in [-0.05, 0) is 35.4 Å². The molecule has 0 bridgehead atoms. The van der Waals surface area contributed by atoms with Gasteiger partial charge in [-0.2, -0.15) is 0 Å². The van der Waals surface area contributed by atoms with Crippen LogP contribution in [0.4, 0.5) is 11.4 Å². The topological polar surface area (TPSA) is 102 Å². The Hall–Kier alpha value is -4.50. The molecule has 37 heavy (non-hydrogen) atoms. The Balaban J connectivity index is 1.17. The number of allylic oxidation sites excluding steroid dienone is 1. The van der Waals surface area contributed by atoms with Crippen molar-refractivity contribution in [2.24, 2.45) is 0 Å². The molecule has 3 aliphatic rings. The number of hydrogen-bond donors (Lipinski definition) is 0. The fourth-order valence-corrected chi connectivity index (χ4v) is 5.06. The van der Waals surface area contributed by atoms with Gasteiger partial charge in [-0.15, -0.1) is 0 Å². The first-order valence-electron chi connectivity index (χ1n) is 12.0. The summed E-state index contributed by atoms with van der Waals surface area (Å²) in [5, 5.41) is 12.0. The van der Waals surface area contributed by atoms with E-state index >= 15 is 0 Å². The number of carbonyl (C=O) groups excluding carboxylic acids is 2. The van der Waals surface area contributed by atoms with Gasteiger partial charge in [0.25, 0.3) is 5.69 Å². The van der Waals surface area contributed by atoms with Crippen molar-refractivity contribution >= 4 is 29.0 Å². The van der Waals surface area contributed by atoms with Crippen molar-refractivity contribution in [1.29, 1.82) is 0 Å². The van der Waals surface area contributed by atoms with Crippen molar-refractivity contribution in [1.82, 2.24) is 4.90 Å². The Kier molecular flexibility index (Phi) is 5.69. The normalized spacial score (nSPS) is 16.8. The highest BCUT2D eigenvalue weighted by atomic mass is 16.7. The van der Waals surface area contributed by atoms with Crippen LogP contribution in [0.25, 0.3) is 6.08 Å². The highest BCUT2D eigenvalue weighted by Crippen LogP contribution is 2.34. The molecule has 9 heteroatoms. The number of Topliss-reactive ketones (excluding diaryl/α,β-unsaturated/α-hetero) is 2. The molecule has 0 amide bonds. The van der Waals surface area contributed by atoms with Gasteiger partial charge >= 0.3 is 0 Å². The lowest BCUT2D eigenvalue weighted by Gasteiger charge is -2.35. The minimum Gasteiger partial charge on any atom is -0.454 e. The monoisotopic (exact) mass is 497 g/mol. The van der Waals surface area contributed by atoms with E-state index in [-0.39, 0.29) is 29.6 Å². The second-order valence-corrected chi connectivity index (χ2v) is 9.22. The first kappa shape index (κ1) is 22.9. The van der Waals surface area contributed by atoms with Gasteiger partial charge < -0.3 is 14.4 Å². The average Bonchev–Trinajstić information content (AvgIpc) is 3.48. The summed E-state index contributed by atoms with van der Waals surface area (Å²) >= 11 is 0. The van der Waals surface area contributed by atoms with E-state index in [0.29, 0.717) is 35.5 Å². The number of ether oxygens (including phenoxy) is 2. The first-order valence-corrected chi connectivity index (χ1v) is 12.0. The maximum atomic E-state index is 12.7. The minimum atomic E-state index is -0.413. The smallest absolute Gasteiger partial charge is 0.293 e. The van der Waals surface area contributed by atoms with Crippen LogP contribution in [0.3, 0.4) is 0 Å². The van der Waals surface area contributed by atoms with E-state index in [9.17, 15) is 19.7 Å². The Labute approximate surface area is 212 Å². The second-order valence-electron chi connectivity index (χ2n) is 9.22. The standard InChI is InChI=1S/C28H23N3O6/c32-27-20-3-1-2-4-21(20)28(33)22(27)13-18-5-7-23(24(14-18)31(34)35)30-11-9-29(10-12-30)16-19-6-8-25-26(15-19)37-17-36-25/h1-8,13-15H,9-12,16-17H2. The molecule has 0 aromatic heterocycles. The Morgan fingerprint density at radius 1 is 0.865 bits per heavy atom. The van der Waals surface area contributed by atoms with E-state index in [2.05, 4.69) is 4.90 Å². The molecule has 2 aliphatic heterocycles. The van der Waals surface area contributed by atoms with Gasteiger partial charge in [0.2, 0.25) is 6.79 Å². The van der Waals surface area contributed by atoms with E-state index < -0.39 is 4.92 Å². The first-order chi connectivity index (χ1) is 18.0. The zero-order chi connectivity index (χ0) is 25.5. The fraction of sp³-hybridized carbons (Fsp3) is 0.214. The lowest BCUT2D eigenvalue weighted by atomic mass is 10.1. The predicted octanol–water partition coefficient (Wildman–Crippen LogP) is 4.11. The highest BCUT2D eigenvalue weighted by molar-refractivity contribution is 6.41. The van der Waals surface area contributed by atoms with Gasteiger partial charge in [0.05, 0.1) is 10.5 Å². The van der Waals surface area contributed by atoms with Crippen LogP contribution in [0.5, 0.6) is 11.5 Å². The number of carbonyl (C=O) groups is 2. The summed E-state index contributed by atoms with van der Waals surface area (Å²) in [7, 11) is 0. The molecule has 0 radical (unpaired) electrons. The van der Waals surface area contributed by atoms with E-state index in [4.69, 9.17) is 9.47 Å². The van der Waals surface area contributed by atoms with Crippen molar-refractivity contribution < 1.29 is 24.0 Å². The SMILES string of the molecule is O=C1C(=Cc2ccc(N3CCN(Cc4ccc5c(c4)OCO5)CC3)c([N+](=O)[O-])c2)C(=O)c2ccccc21. The number of piperazine rings is 1. The lowest BCUT2D eigenvalue weighted by molar-refractivity contribution is -0.384. The van der Waals surface area contributed by atoms with Crippen LogP contribution in [-0.2, 0) is 6.54 Å². The third kappa shape index (κ3) is 4.23. The zero-order valence-electron chi connectivity index (χ0n) is 19.9. The number of hydrogen-bond acceptors (Lipinski definition) is 8. The Bertz CT molecular complexity index is 1440. The molecule has 1 saturated heterocycles. The zero-order valence-corrected chi connectivity index (χ0v) is 19.9. The van der Waals surface area contributed by atoms with Gasteiger partial charge in [-0.3, -0.25) is 24.6 Å². The fourth-order valence-electron chi connectivity index (χ4n) is 5.06. The molecule has 1 aliphatic carbocycles. The van der Waals surface area contributed by atoms with Crippen LogP contribution in [0.2, 0.25) is 0 Å². The number of nitro benzene ring substituents is 1. The number of fused-ring (bicyclic) bond motifs is 2. The van der Waals surface area contributed by atoms with Gasteiger partial charge in [-0.1, -0.05) is 36.4 Å². The van der Waals surface area contributed by atoms with E-state index in [0.717, 1.165) is 36.7 Å². The molecular weight excluding hydrogens is 474 g/mol. The summed E-state index contributed by atoms with van der Waals surface area (Å²) in [6.45, 7) is 3.77. The van der Waals surface area contributed by atoms with E-state index in [1.165, 1.54) is 12.1 Å². The third-order valence-electron chi connectivity index (χ3n) is 6.97. The molecule has 0 saturated carbocycles. The maximum Gasteiger partial charge on any atom is 0.293 e. The molecule has 9 nitrogen and oxygen atoms in total. The number of nitrogens with zero attached hydrogens (tertiary/aromatic N) is 3. The maximum absolute atomic E-state index is 12.7. The summed E-state index contributed by atoms with van der Waals surface area (Å²) in [5.41, 5.74) is 2.81. The quantitative estimate of drug-likeness (QED) is 0.225. The van der Waals surface area contributed by atoms with Crippen LogP contribution in [0, 0.1) is 10.1 Å². The van der Waals surface area contributed by atoms with Gasteiger partial charge in [0.15, 0.2) is 23.1 Å². The van der Waals surface area contributed by atoms with Crippen LogP contribution in [-0.4, -0.2) is 54.4 Å². The van der Waals surface area contributed by atoms with Crippen LogP contribution >= 0.6 is 0 Å². The summed E-state index contributed by atoms with van der Waals surface area (Å²) in [5.74, 6) is 0.801. The molecular formula is C28H23N3O6. The molecule has 186 valence electrons. The minimum absolute atomic E-state index is 0.0281. The van der Waals surface area contributed by atoms with Crippen molar-refractivity contribution in [3.63, 3.8) is 0 Å². The van der Waals surface area contributed by atoms with Gasteiger partial charge in [-0.25, -0.2) is 0 Å². The summed E-state index contributed by atoms with van der Waals surface area (Å²) in [4.78, 5) is 41.3. The average molecular weight is 498 g/mol. The van der Waals surface area contributed by atoms with Crippen LogP contribution in [0.15, 0.2) is 66.2 Å². The number of anilines is 1. The van der Waals surface area contributed by atoms with Gasteiger partial charge in [0, 0.05) is 49.9 Å². The van der Waals surface area contributed by atoms with Crippen molar-refractivity contribution in [3.8, 4) is 11.5 Å². The predicted molar refractivity (Wildman–Crippen MR) is 136 cm³/mol. The van der Waals surface area contributed by atoms with Crippen LogP contribution < -0.4 is 14.4 Å². The summed E-state index contributed by atoms with van der Waals surface area (Å²) in [6, 6.07) is 17.4. The Morgan fingerprint density at radius 2 is 1.57 bits per heavy atom. The number of benzene rings is 3. The van der Waals surface area contributed by atoms with Gasteiger partial charge in [0.1, 0.15) is 5.69 Å². The molecule has 0 unspecified atom stereocenters. The largest absolute Gasteiger partial charge is 0.454 e. The number of ketones is 2. The Morgan fingerprint density at radius 3 is 2.27 bits per heavy atom. The molecule has 3 aromatic rings. The van der Waals surface area contributed by atoms with E-state index in [1.54, 1.807) is 36.4 Å². The number of nitro groups is 1. The highest BCUT2D eigenvalue weighted by Gasteiger charge is 2.33. The van der Waals surface area contributed by atoms with Crippen molar-refractivity contribution in [2.45, 2.75) is 6.54 Å². The number of rotatable bonds is 5. The molecule has 0 atom stereocenters. The van der Waals surface area contributed by atoms with E-state index in [1.807, 2.05) is 23.1 Å². The molecule has 1 fully saturated rings. The lowest BCUT2D eigenvalue weighted by Crippen LogP contribution is -2.46. The van der Waals surface area contributed by atoms with Crippen LogP contribution in [0.1, 0.15) is 31.8 Å². The summed E-state index contributed by atoms with van der Waals surface area (Å²) in [6.07, 6.45) is 1.45. The third-order valence-corrected chi connectivity index (χ3v) is 6.97. The molecule has 0 spiro atoms.